The average Bonchev–Trinajstić information content (AvgIpc) is 3.22. The number of hydrogen-bond donors (Lipinski definition) is 1. The second kappa shape index (κ2) is 11.2. The lowest BCUT2D eigenvalue weighted by Gasteiger charge is -2.31. The Hall–Kier alpha value is -3.21. The van der Waals surface area contributed by atoms with Gasteiger partial charge in [0.05, 0.1) is 24.4 Å². The summed E-state index contributed by atoms with van der Waals surface area (Å²) in [6, 6.07) is 13.4. The molecule has 3 aliphatic rings. The number of aryl methyl sites for hydroxylation is 1. The van der Waals surface area contributed by atoms with Crippen LogP contribution in [0.1, 0.15) is 72.0 Å². The van der Waals surface area contributed by atoms with E-state index in [1.807, 2.05) is 11.0 Å². The maximum atomic E-state index is 14.2. The molecule has 0 radical (unpaired) electrons. The Balaban J connectivity index is 1.58. The normalized spacial score (nSPS) is 20.0. The molecular formula is C31H38N4O5S. The van der Waals surface area contributed by atoms with E-state index in [4.69, 9.17) is 4.74 Å². The zero-order valence-corrected chi connectivity index (χ0v) is 24.6. The SMILES string of the molecule is CN(C)S(=O)(=O)NC(=O)c1ccc2c(C3CCCCC3)c3n(c2c1)C(C(=O)N1CCOCC1)CCc1ccccc1-3. The van der Waals surface area contributed by atoms with Crippen molar-refractivity contribution in [3.05, 3.63) is 59.2 Å². The van der Waals surface area contributed by atoms with Crippen LogP contribution in [0.3, 0.4) is 0 Å². The third-order valence-electron chi connectivity index (χ3n) is 8.90. The van der Waals surface area contributed by atoms with Crippen LogP contribution >= 0.6 is 0 Å². The van der Waals surface area contributed by atoms with Crippen LogP contribution in [0.5, 0.6) is 0 Å². The molecule has 2 fully saturated rings. The van der Waals surface area contributed by atoms with E-state index in [0.29, 0.717) is 38.6 Å². The smallest absolute Gasteiger partial charge is 0.303 e. The Kier molecular flexibility index (Phi) is 7.65. The summed E-state index contributed by atoms with van der Waals surface area (Å²) in [5.74, 6) is -0.276. The van der Waals surface area contributed by atoms with Crippen molar-refractivity contribution < 1.29 is 22.7 Å². The van der Waals surface area contributed by atoms with Gasteiger partial charge in [0, 0.05) is 43.7 Å². The standard InChI is InChI=1S/C31H38N4O5S/c1-33(2)41(38,39)32-30(36)23-12-14-25-27(20-23)35-26(31(37)34-16-18-40-19-17-34)15-13-21-8-6-7-11-24(21)29(35)28(25)22-9-4-3-5-10-22/h6-8,11-12,14,20,22,26H,3-5,9-10,13,15-19H2,1-2H3,(H,32,36). The summed E-state index contributed by atoms with van der Waals surface area (Å²) in [4.78, 5) is 29.3. The van der Waals surface area contributed by atoms with E-state index < -0.39 is 22.2 Å². The van der Waals surface area contributed by atoms with E-state index in [2.05, 4.69) is 33.6 Å². The van der Waals surface area contributed by atoms with Crippen molar-refractivity contribution in [2.45, 2.75) is 56.9 Å². The molecule has 0 bridgehead atoms. The van der Waals surface area contributed by atoms with Crippen LogP contribution in [0.4, 0.5) is 0 Å². The number of carbonyl (C=O) groups excluding carboxylic acids is 2. The summed E-state index contributed by atoms with van der Waals surface area (Å²) in [7, 11) is -1.21. The van der Waals surface area contributed by atoms with Gasteiger partial charge >= 0.3 is 10.2 Å². The highest BCUT2D eigenvalue weighted by Gasteiger charge is 2.36. The van der Waals surface area contributed by atoms with Gasteiger partial charge in [-0.3, -0.25) is 9.59 Å². The highest BCUT2D eigenvalue weighted by Crippen LogP contribution is 2.48. The van der Waals surface area contributed by atoms with Gasteiger partial charge in [-0.2, -0.15) is 12.7 Å². The fraction of sp³-hybridized carbons (Fsp3) is 0.484. The molecule has 1 aliphatic carbocycles. The number of hydrogen-bond acceptors (Lipinski definition) is 5. The molecule has 10 heteroatoms. The van der Waals surface area contributed by atoms with Crippen molar-refractivity contribution >= 4 is 32.9 Å². The fourth-order valence-electron chi connectivity index (χ4n) is 6.77. The Morgan fingerprint density at radius 3 is 2.44 bits per heavy atom. The molecular weight excluding hydrogens is 540 g/mol. The Labute approximate surface area is 241 Å². The second-order valence-corrected chi connectivity index (χ2v) is 13.5. The van der Waals surface area contributed by atoms with Crippen molar-refractivity contribution in [3.8, 4) is 11.3 Å². The van der Waals surface area contributed by atoms with Crippen molar-refractivity contribution in [2.24, 2.45) is 0 Å². The lowest BCUT2D eigenvalue weighted by atomic mass is 9.81. The van der Waals surface area contributed by atoms with E-state index in [1.54, 1.807) is 12.1 Å². The van der Waals surface area contributed by atoms with Crippen molar-refractivity contribution in [3.63, 3.8) is 0 Å². The first-order chi connectivity index (χ1) is 19.8. The number of nitrogens with one attached hydrogen (secondary N) is 1. The van der Waals surface area contributed by atoms with Gasteiger partial charge in [0.1, 0.15) is 6.04 Å². The summed E-state index contributed by atoms with van der Waals surface area (Å²) in [5.41, 5.74) is 5.74. The predicted octanol–water partition coefficient (Wildman–Crippen LogP) is 4.24. The maximum Gasteiger partial charge on any atom is 0.303 e. The zero-order valence-electron chi connectivity index (χ0n) is 23.8. The van der Waals surface area contributed by atoms with Gasteiger partial charge in [0.2, 0.25) is 5.91 Å². The van der Waals surface area contributed by atoms with Gasteiger partial charge in [0.15, 0.2) is 0 Å². The van der Waals surface area contributed by atoms with Crippen LogP contribution in [-0.2, 0) is 26.2 Å². The first-order valence-electron chi connectivity index (χ1n) is 14.6. The lowest BCUT2D eigenvalue weighted by molar-refractivity contribution is -0.138. The third-order valence-corrected chi connectivity index (χ3v) is 10.3. The van der Waals surface area contributed by atoms with Crippen LogP contribution in [0.25, 0.3) is 22.2 Å². The van der Waals surface area contributed by atoms with E-state index in [-0.39, 0.29) is 11.5 Å². The molecule has 2 aromatic carbocycles. The van der Waals surface area contributed by atoms with E-state index >= 15 is 0 Å². The molecule has 0 spiro atoms. The summed E-state index contributed by atoms with van der Waals surface area (Å²) in [6.45, 7) is 2.16. The summed E-state index contributed by atoms with van der Waals surface area (Å²) in [5, 5.41) is 1.04. The van der Waals surface area contributed by atoms with Crippen LogP contribution in [0.15, 0.2) is 42.5 Å². The summed E-state index contributed by atoms with van der Waals surface area (Å²) < 4.78 is 35.8. The molecule has 3 aromatic rings. The van der Waals surface area contributed by atoms with E-state index in [0.717, 1.165) is 58.6 Å². The largest absolute Gasteiger partial charge is 0.378 e. The van der Waals surface area contributed by atoms with Gasteiger partial charge in [-0.05, 0) is 54.9 Å². The Bertz CT molecular complexity index is 1580. The molecule has 2 aliphatic heterocycles. The predicted molar refractivity (Wildman–Crippen MR) is 158 cm³/mol. The molecule has 1 unspecified atom stereocenters. The van der Waals surface area contributed by atoms with Gasteiger partial charge in [-0.1, -0.05) is 49.6 Å². The van der Waals surface area contributed by atoms with Crippen LogP contribution in [0, 0.1) is 0 Å². The molecule has 218 valence electrons. The number of ether oxygens (including phenoxy) is 1. The Morgan fingerprint density at radius 1 is 0.976 bits per heavy atom. The van der Waals surface area contributed by atoms with Crippen molar-refractivity contribution in [1.29, 1.82) is 0 Å². The maximum absolute atomic E-state index is 14.2. The molecule has 3 heterocycles. The van der Waals surface area contributed by atoms with Crippen molar-refractivity contribution in [1.82, 2.24) is 18.5 Å². The number of rotatable bonds is 5. The fourth-order valence-corrected chi connectivity index (χ4v) is 7.30. The monoisotopic (exact) mass is 578 g/mol. The average molecular weight is 579 g/mol. The molecule has 1 N–H and O–H groups in total. The molecule has 1 atom stereocenters. The van der Waals surface area contributed by atoms with Gasteiger partial charge in [-0.25, -0.2) is 4.72 Å². The molecule has 6 rings (SSSR count). The van der Waals surface area contributed by atoms with Gasteiger partial charge < -0.3 is 14.2 Å². The van der Waals surface area contributed by atoms with E-state index in [1.165, 1.54) is 31.6 Å². The molecule has 2 amide bonds. The number of amides is 2. The number of morpholine rings is 1. The van der Waals surface area contributed by atoms with Crippen LogP contribution in [0.2, 0.25) is 0 Å². The minimum absolute atomic E-state index is 0.0690. The molecule has 9 nitrogen and oxygen atoms in total. The van der Waals surface area contributed by atoms with Gasteiger partial charge in [-0.15, -0.1) is 0 Å². The second-order valence-electron chi connectivity index (χ2n) is 11.6. The molecule has 1 saturated carbocycles. The Morgan fingerprint density at radius 2 is 1.71 bits per heavy atom. The van der Waals surface area contributed by atoms with Crippen LogP contribution in [-0.4, -0.2) is 74.4 Å². The number of nitrogens with zero attached hydrogens (tertiary/aromatic N) is 3. The third kappa shape index (κ3) is 5.17. The minimum atomic E-state index is -3.96. The van der Waals surface area contributed by atoms with Crippen molar-refractivity contribution in [2.75, 3.05) is 40.4 Å². The molecule has 1 saturated heterocycles. The van der Waals surface area contributed by atoms with Crippen LogP contribution < -0.4 is 4.72 Å². The molecule has 1 aromatic heterocycles. The van der Waals surface area contributed by atoms with E-state index in [9.17, 15) is 18.0 Å². The van der Waals surface area contributed by atoms with Gasteiger partial charge in [0.25, 0.3) is 5.91 Å². The number of fused-ring (bicyclic) bond motifs is 5. The quantitative estimate of drug-likeness (QED) is 0.488. The zero-order chi connectivity index (χ0) is 28.7. The first kappa shape index (κ1) is 27.9. The highest BCUT2D eigenvalue weighted by molar-refractivity contribution is 7.87. The topological polar surface area (TPSA) is 101 Å². The first-order valence-corrected chi connectivity index (χ1v) is 16.1. The number of benzene rings is 2. The summed E-state index contributed by atoms with van der Waals surface area (Å²) in [6.07, 6.45) is 7.13. The number of carbonyl (C=O) groups is 2. The number of aromatic nitrogens is 1. The molecule has 41 heavy (non-hydrogen) atoms. The lowest BCUT2D eigenvalue weighted by Crippen LogP contribution is -2.44. The highest BCUT2D eigenvalue weighted by atomic mass is 32.2. The summed E-state index contributed by atoms with van der Waals surface area (Å²) >= 11 is 0. The minimum Gasteiger partial charge on any atom is -0.378 e.